The van der Waals surface area contributed by atoms with E-state index in [1.54, 1.807) is 12.0 Å². The van der Waals surface area contributed by atoms with Gasteiger partial charge in [-0.05, 0) is 42.5 Å². The van der Waals surface area contributed by atoms with Crippen LogP contribution in [0.4, 0.5) is 5.69 Å². The van der Waals surface area contributed by atoms with E-state index in [-0.39, 0.29) is 18.6 Å². The number of nitrogens with zero attached hydrogens (tertiary/aromatic N) is 1. The number of benzene rings is 2. The molecule has 1 atom stereocenters. The minimum Gasteiger partial charge on any atom is -0.497 e. The summed E-state index contributed by atoms with van der Waals surface area (Å²) in [6, 6.07) is 15.3. The van der Waals surface area contributed by atoms with E-state index in [0.717, 1.165) is 28.1 Å². The second-order valence-electron chi connectivity index (χ2n) is 6.14. The Hall–Kier alpha value is -2.99. The Morgan fingerprint density at radius 3 is 2.85 bits per heavy atom. The number of aromatic nitrogens is 1. The molecule has 0 radical (unpaired) electrons. The zero-order valence-corrected chi connectivity index (χ0v) is 14.5. The number of amides is 1. The van der Waals surface area contributed by atoms with Gasteiger partial charge in [-0.2, -0.15) is 0 Å². The highest BCUT2D eigenvalue weighted by atomic mass is 16.5. The lowest BCUT2D eigenvalue weighted by atomic mass is 10.2. The molecule has 6 nitrogen and oxygen atoms in total. The molecule has 1 unspecified atom stereocenters. The first-order valence-electron chi connectivity index (χ1n) is 8.49. The number of methoxy groups -OCH3 is 1. The fourth-order valence-corrected chi connectivity index (χ4v) is 3.10. The average Bonchev–Trinajstić information content (AvgIpc) is 3.17. The number of hydrogen-bond donors (Lipinski definition) is 1. The van der Waals surface area contributed by atoms with Crippen molar-refractivity contribution in [1.29, 1.82) is 0 Å². The minimum absolute atomic E-state index is 0.0500. The Morgan fingerprint density at radius 2 is 2.04 bits per heavy atom. The highest BCUT2D eigenvalue weighted by Crippen LogP contribution is 2.26. The van der Waals surface area contributed by atoms with Gasteiger partial charge in [0.1, 0.15) is 30.8 Å². The van der Waals surface area contributed by atoms with Crippen LogP contribution in [0.25, 0.3) is 10.9 Å². The van der Waals surface area contributed by atoms with Crippen molar-refractivity contribution in [2.75, 3.05) is 31.8 Å². The quantitative estimate of drug-likeness (QED) is 0.767. The third-order valence-electron chi connectivity index (χ3n) is 4.49. The maximum atomic E-state index is 12.2. The maximum Gasteiger partial charge on any atom is 0.253 e. The van der Waals surface area contributed by atoms with E-state index in [4.69, 9.17) is 14.2 Å². The molecule has 0 saturated carbocycles. The Kier molecular flexibility index (Phi) is 4.50. The average molecular weight is 352 g/mol. The van der Waals surface area contributed by atoms with Gasteiger partial charge < -0.3 is 24.1 Å². The van der Waals surface area contributed by atoms with Crippen LogP contribution in [0.2, 0.25) is 0 Å². The highest BCUT2D eigenvalue weighted by molar-refractivity contribution is 5.95. The van der Waals surface area contributed by atoms with Crippen molar-refractivity contribution in [3.05, 3.63) is 54.7 Å². The lowest BCUT2D eigenvalue weighted by Gasteiger charge is -2.32. The van der Waals surface area contributed by atoms with Crippen molar-refractivity contribution >= 4 is 22.5 Å². The molecule has 2 heterocycles. The fourth-order valence-electron chi connectivity index (χ4n) is 3.10. The molecular weight excluding hydrogens is 332 g/mol. The lowest BCUT2D eigenvalue weighted by Crippen LogP contribution is -2.48. The Balaban J connectivity index is 1.44. The summed E-state index contributed by atoms with van der Waals surface area (Å²) in [5.74, 6) is 1.51. The number of ether oxygens (including phenoxy) is 3. The van der Waals surface area contributed by atoms with Crippen LogP contribution in [0.15, 0.2) is 54.7 Å². The second-order valence-corrected chi connectivity index (χ2v) is 6.14. The minimum atomic E-state index is -0.191. The summed E-state index contributed by atoms with van der Waals surface area (Å²) in [5, 5.41) is 1.03. The number of fused-ring (bicyclic) bond motifs is 1. The fraction of sp³-hybridized carbons (Fsp3) is 0.250. The molecule has 1 amide bonds. The van der Waals surface area contributed by atoms with Crippen LogP contribution < -0.4 is 14.4 Å². The topological polar surface area (TPSA) is 63.8 Å². The normalized spacial score (nSPS) is 17.5. The number of rotatable bonds is 5. The Labute approximate surface area is 151 Å². The maximum absolute atomic E-state index is 12.2. The summed E-state index contributed by atoms with van der Waals surface area (Å²) < 4.78 is 16.8. The van der Waals surface area contributed by atoms with Gasteiger partial charge in [-0.3, -0.25) is 4.79 Å². The summed E-state index contributed by atoms with van der Waals surface area (Å²) >= 11 is 0. The zero-order valence-electron chi connectivity index (χ0n) is 14.5. The summed E-state index contributed by atoms with van der Waals surface area (Å²) in [6.07, 6.45) is 1.70. The largest absolute Gasteiger partial charge is 0.497 e. The van der Waals surface area contributed by atoms with E-state index in [9.17, 15) is 4.79 Å². The lowest BCUT2D eigenvalue weighted by molar-refractivity contribution is -0.130. The van der Waals surface area contributed by atoms with Gasteiger partial charge in [0, 0.05) is 22.8 Å². The molecule has 1 aliphatic rings. The van der Waals surface area contributed by atoms with Crippen LogP contribution in [0.5, 0.6) is 11.5 Å². The van der Waals surface area contributed by atoms with Crippen molar-refractivity contribution in [3.8, 4) is 11.5 Å². The number of aromatic amines is 1. The molecule has 134 valence electrons. The number of morpholine rings is 1. The van der Waals surface area contributed by atoms with E-state index in [0.29, 0.717) is 13.2 Å². The van der Waals surface area contributed by atoms with Crippen molar-refractivity contribution in [2.45, 2.75) is 6.10 Å². The van der Waals surface area contributed by atoms with Crippen molar-refractivity contribution in [1.82, 2.24) is 4.98 Å². The van der Waals surface area contributed by atoms with Crippen LogP contribution >= 0.6 is 0 Å². The van der Waals surface area contributed by atoms with E-state index in [1.165, 1.54) is 0 Å². The molecule has 1 saturated heterocycles. The number of carbonyl (C=O) groups excluding carboxylic acids is 1. The van der Waals surface area contributed by atoms with Crippen LogP contribution in [-0.4, -0.2) is 43.9 Å². The van der Waals surface area contributed by atoms with Gasteiger partial charge in [0.05, 0.1) is 13.7 Å². The van der Waals surface area contributed by atoms with Crippen molar-refractivity contribution in [2.24, 2.45) is 0 Å². The van der Waals surface area contributed by atoms with E-state index in [2.05, 4.69) is 4.98 Å². The third kappa shape index (κ3) is 3.23. The molecule has 1 aromatic heterocycles. The van der Waals surface area contributed by atoms with Gasteiger partial charge in [-0.1, -0.05) is 6.07 Å². The standard InChI is InChI=1S/C20H20N2O4/c1-24-15-7-5-14(6-8-15)22-11-16(25-13-20(22)23)12-26-19-4-2-3-18-17(19)9-10-21-18/h2-10,16,21H,11-13H2,1H3. The smallest absolute Gasteiger partial charge is 0.253 e. The number of carbonyl (C=O) groups is 1. The predicted octanol–water partition coefficient (Wildman–Crippen LogP) is 2.99. The van der Waals surface area contributed by atoms with E-state index < -0.39 is 0 Å². The van der Waals surface area contributed by atoms with E-state index in [1.807, 2.05) is 54.7 Å². The highest BCUT2D eigenvalue weighted by Gasteiger charge is 2.28. The van der Waals surface area contributed by atoms with Gasteiger partial charge >= 0.3 is 0 Å². The Bertz CT molecular complexity index is 904. The summed E-state index contributed by atoms with van der Waals surface area (Å²) in [4.78, 5) is 17.1. The van der Waals surface area contributed by atoms with E-state index >= 15 is 0 Å². The Morgan fingerprint density at radius 1 is 1.19 bits per heavy atom. The van der Waals surface area contributed by atoms with Crippen LogP contribution in [0.1, 0.15) is 0 Å². The van der Waals surface area contributed by atoms with Gasteiger partial charge in [-0.15, -0.1) is 0 Å². The van der Waals surface area contributed by atoms with Crippen molar-refractivity contribution in [3.63, 3.8) is 0 Å². The van der Waals surface area contributed by atoms with Crippen LogP contribution in [0.3, 0.4) is 0 Å². The SMILES string of the molecule is COc1ccc(N2CC(COc3cccc4[nH]ccc34)OCC2=O)cc1. The molecule has 1 fully saturated rings. The van der Waals surface area contributed by atoms with Crippen molar-refractivity contribution < 1.29 is 19.0 Å². The number of anilines is 1. The second kappa shape index (κ2) is 7.09. The molecule has 3 aromatic rings. The first-order chi connectivity index (χ1) is 12.7. The third-order valence-corrected chi connectivity index (χ3v) is 4.49. The first-order valence-corrected chi connectivity index (χ1v) is 8.49. The number of hydrogen-bond acceptors (Lipinski definition) is 4. The van der Waals surface area contributed by atoms with Gasteiger partial charge in [0.15, 0.2) is 0 Å². The van der Waals surface area contributed by atoms with Gasteiger partial charge in [0.25, 0.3) is 5.91 Å². The molecule has 6 heteroatoms. The summed E-state index contributed by atoms with van der Waals surface area (Å²) in [7, 11) is 1.62. The van der Waals surface area contributed by atoms with Crippen LogP contribution in [0, 0.1) is 0 Å². The molecule has 0 spiro atoms. The molecule has 1 N–H and O–H groups in total. The summed E-state index contributed by atoms with van der Waals surface area (Å²) in [6.45, 7) is 0.882. The van der Waals surface area contributed by atoms with Gasteiger partial charge in [-0.25, -0.2) is 0 Å². The predicted molar refractivity (Wildman–Crippen MR) is 98.9 cm³/mol. The molecular formula is C20H20N2O4. The molecule has 2 aromatic carbocycles. The number of H-pyrrole nitrogens is 1. The zero-order chi connectivity index (χ0) is 17.9. The van der Waals surface area contributed by atoms with Gasteiger partial charge in [0.2, 0.25) is 0 Å². The molecule has 0 bridgehead atoms. The monoisotopic (exact) mass is 352 g/mol. The summed E-state index contributed by atoms with van der Waals surface area (Å²) in [5.41, 5.74) is 1.86. The first kappa shape index (κ1) is 16.5. The van der Waals surface area contributed by atoms with Crippen LogP contribution in [-0.2, 0) is 9.53 Å². The molecule has 0 aliphatic carbocycles. The molecule has 4 rings (SSSR count). The molecule has 26 heavy (non-hydrogen) atoms. The molecule has 1 aliphatic heterocycles. The number of nitrogens with one attached hydrogen (secondary N) is 1.